The van der Waals surface area contributed by atoms with Crippen molar-refractivity contribution in [2.75, 3.05) is 4.90 Å². The maximum Gasteiger partial charge on any atom is 0.312 e. The van der Waals surface area contributed by atoms with Gasteiger partial charge in [0.15, 0.2) is 5.69 Å². The second-order valence-electron chi connectivity index (χ2n) is 5.77. The molecular formula is C20H18N3+. The number of anilines is 3. The number of aryl methyl sites for hydroxylation is 2. The van der Waals surface area contributed by atoms with Crippen LogP contribution in [0.15, 0.2) is 71.9 Å². The second kappa shape index (κ2) is 5.36. The quantitative estimate of drug-likeness (QED) is 0.478. The van der Waals surface area contributed by atoms with Gasteiger partial charge in [-0.05, 0) is 42.8 Å². The van der Waals surface area contributed by atoms with Crippen molar-refractivity contribution in [1.29, 1.82) is 0 Å². The number of nitrogens with zero attached hydrogens (tertiary/aromatic N) is 3. The molecule has 1 aromatic heterocycles. The Hall–Kier alpha value is -2.94. The summed E-state index contributed by atoms with van der Waals surface area (Å²) in [6.45, 7) is 2.15. The molecule has 0 spiro atoms. The molecule has 0 bridgehead atoms. The summed E-state index contributed by atoms with van der Waals surface area (Å²) in [5.74, 6) is 1.07. The van der Waals surface area contributed by atoms with E-state index in [0.717, 1.165) is 22.8 Å². The van der Waals surface area contributed by atoms with Gasteiger partial charge in [0.2, 0.25) is 0 Å². The first-order chi connectivity index (χ1) is 11.3. The van der Waals surface area contributed by atoms with Crippen molar-refractivity contribution in [1.82, 2.24) is 0 Å². The Morgan fingerprint density at radius 2 is 1.61 bits per heavy atom. The maximum absolute atomic E-state index is 4.71. The number of aliphatic imine (C=N–C) groups is 1. The predicted octanol–water partition coefficient (Wildman–Crippen LogP) is 4.35. The van der Waals surface area contributed by atoms with Gasteiger partial charge in [-0.1, -0.05) is 30.3 Å². The Kier molecular flexibility index (Phi) is 3.19. The maximum atomic E-state index is 4.71. The van der Waals surface area contributed by atoms with Crippen LogP contribution >= 0.6 is 0 Å². The van der Waals surface area contributed by atoms with Crippen LogP contribution in [-0.4, -0.2) is 6.21 Å². The van der Waals surface area contributed by atoms with E-state index < -0.39 is 0 Å². The number of hydrogen-bond acceptors (Lipinski definition) is 2. The second-order valence-corrected chi connectivity index (χ2v) is 5.77. The summed E-state index contributed by atoms with van der Waals surface area (Å²) in [5, 5.41) is 0. The van der Waals surface area contributed by atoms with Crippen LogP contribution in [0, 0.1) is 6.92 Å². The molecule has 0 atom stereocenters. The molecule has 0 radical (unpaired) electrons. The third-order valence-corrected chi connectivity index (χ3v) is 4.22. The molecule has 3 nitrogen and oxygen atoms in total. The van der Waals surface area contributed by atoms with Gasteiger partial charge >= 0.3 is 5.82 Å². The number of benzene rings is 2. The lowest BCUT2D eigenvalue weighted by molar-refractivity contribution is -0.657. The van der Waals surface area contributed by atoms with Crippen LogP contribution in [-0.2, 0) is 7.05 Å². The molecule has 3 heteroatoms. The fourth-order valence-corrected chi connectivity index (χ4v) is 3.07. The normalized spacial score (nSPS) is 12.5. The van der Waals surface area contributed by atoms with E-state index in [1.807, 2.05) is 12.3 Å². The van der Waals surface area contributed by atoms with E-state index in [1.165, 1.54) is 11.3 Å². The minimum atomic E-state index is 0.967. The molecule has 0 fully saturated rings. The zero-order valence-corrected chi connectivity index (χ0v) is 13.3. The van der Waals surface area contributed by atoms with Gasteiger partial charge in [0, 0.05) is 11.8 Å². The topological polar surface area (TPSA) is 19.5 Å². The third kappa shape index (κ3) is 2.21. The summed E-state index contributed by atoms with van der Waals surface area (Å²) in [5.41, 5.74) is 5.64. The fourth-order valence-electron chi connectivity index (χ4n) is 3.07. The van der Waals surface area contributed by atoms with Gasteiger partial charge in [0.1, 0.15) is 11.4 Å². The van der Waals surface area contributed by atoms with Gasteiger partial charge in [0.25, 0.3) is 0 Å². The first-order valence-electron chi connectivity index (χ1n) is 7.73. The highest BCUT2D eigenvalue weighted by Gasteiger charge is 2.31. The van der Waals surface area contributed by atoms with Crippen molar-refractivity contribution in [2.45, 2.75) is 6.92 Å². The van der Waals surface area contributed by atoms with Gasteiger partial charge in [-0.25, -0.2) is 9.56 Å². The van der Waals surface area contributed by atoms with Crippen molar-refractivity contribution >= 4 is 29.1 Å². The smallest absolute Gasteiger partial charge is 0.247 e. The minimum Gasteiger partial charge on any atom is -0.247 e. The SMILES string of the molecule is Cc1ccccc1N1c2ccccc2C=Nc2ccc[n+](C)c21. The summed E-state index contributed by atoms with van der Waals surface area (Å²) >= 11 is 0. The van der Waals surface area contributed by atoms with E-state index in [2.05, 4.69) is 84.2 Å². The molecule has 0 saturated carbocycles. The molecule has 1 aliphatic rings. The van der Waals surface area contributed by atoms with Crippen LogP contribution in [0.5, 0.6) is 0 Å². The molecule has 0 unspecified atom stereocenters. The molecule has 23 heavy (non-hydrogen) atoms. The van der Waals surface area contributed by atoms with Gasteiger partial charge in [0.05, 0.1) is 13.2 Å². The molecule has 4 rings (SSSR count). The van der Waals surface area contributed by atoms with Gasteiger partial charge in [-0.3, -0.25) is 0 Å². The average Bonchev–Trinajstić information content (AvgIpc) is 2.74. The molecular weight excluding hydrogens is 282 g/mol. The summed E-state index contributed by atoms with van der Waals surface area (Å²) in [6, 6.07) is 20.9. The fraction of sp³-hybridized carbons (Fsp3) is 0.100. The Bertz CT molecular complexity index is 912. The van der Waals surface area contributed by atoms with Crippen LogP contribution in [0.2, 0.25) is 0 Å². The zero-order chi connectivity index (χ0) is 15.8. The highest BCUT2D eigenvalue weighted by Crippen LogP contribution is 2.41. The number of hydrogen-bond donors (Lipinski definition) is 0. The van der Waals surface area contributed by atoms with Crippen molar-refractivity contribution < 1.29 is 4.57 Å². The molecule has 0 N–H and O–H groups in total. The van der Waals surface area contributed by atoms with Crippen molar-refractivity contribution in [3.63, 3.8) is 0 Å². The van der Waals surface area contributed by atoms with E-state index in [1.54, 1.807) is 0 Å². The van der Waals surface area contributed by atoms with E-state index in [0.29, 0.717) is 0 Å². The lowest BCUT2D eigenvalue weighted by Gasteiger charge is -2.20. The number of para-hydroxylation sites is 2. The molecule has 0 amide bonds. The number of pyridine rings is 1. The highest BCUT2D eigenvalue weighted by molar-refractivity contribution is 5.97. The molecule has 112 valence electrons. The Balaban J connectivity index is 2.08. The molecule has 2 aromatic carbocycles. The number of aromatic nitrogens is 1. The van der Waals surface area contributed by atoms with Crippen molar-refractivity contribution in [3.8, 4) is 0 Å². The highest BCUT2D eigenvalue weighted by atomic mass is 15.3. The monoisotopic (exact) mass is 300 g/mol. The Morgan fingerprint density at radius 1 is 0.870 bits per heavy atom. The molecule has 2 heterocycles. The Labute approximate surface area is 136 Å². The lowest BCUT2D eigenvalue weighted by Crippen LogP contribution is -2.35. The lowest BCUT2D eigenvalue weighted by atomic mass is 10.1. The van der Waals surface area contributed by atoms with Gasteiger partial charge in [-0.15, -0.1) is 0 Å². The molecule has 3 aromatic rings. The van der Waals surface area contributed by atoms with E-state index in [4.69, 9.17) is 4.99 Å². The van der Waals surface area contributed by atoms with E-state index in [-0.39, 0.29) is 0 Å². The zero-order valence-electron chi connectivity index (χ0n) is 13.3. The third-order valence-electron chi connectivity index (χ3n) is 4.22. The predicted molar refractivity (Wildman–Crippen MR) is 94.3 cm³/mol. The summed E-state index contributed by atoms with van der Waals surface area (Å²) in [4.78, 5) is 7.01. The summed E-state index contributed by atoms with van der Waals surface area (Å²) < 4.78 is 2.13. The molecule has 0 saturated heterocycles. The van der Waals surface area contributed by atoms with Gasteiger partial charge in [-0.2, -0.15) is 4.90 Å². The van der Waals surface area contributed by atoms with E-state index >= 15 is 0 Å². The molecule has 1 aliphatic heterocycles. The van der Waals surface area contributed by atoms with Crippen LogP contribution in [0.25, 0.3) is 0 Å². The van der Waals surface area contributed by atoms with Crippen molar-refractivity contribution in [3.05, 3.63) is 78.0 Å². The van der Waals surface area contributed by atoms with Gasteiger partial charge < -0.3 is 0 Å². The summed E-state index contributed by atoms with van der Waals surface area (Å²) in [7, 11) is 2.06. The Morgan fingerprint density at radius 3 is 2.43 bits per heavy atom. The number of fused-ring (bicyclic) bond motifs is 2. The first kappa shape index (κ1) is 13.7. The standard InChI is InChI=1S/C20H18N3/c1-15-8-3-5-11-18(15)23-19-12-6-4-9-16(19)14-21-17-10-7-13-22(2)20(17)23/h3-14H,1-2H3/q+1. The van der Waals surface area contributed by atoms with E-state index in [9.17, 15) is 0 Å². The molecule has 0 aliphatic carbocycles. The van der Waals surface area contributed by atoms with Crippen LogP contribution < -0.4 is 9.47 Å². The average molecular weight is 300 g/mol. The first-order valence-corrected chi connectivity index (χ1v) is 7.73. The van der Waals surface area contributed by atoms with Crippen LogP contribution in [0.1, 0.15) is 11.1 Å². The van der Waals surface area contributed by atoms with Crippen molar-refractivity contribution in [2.24, 2.45) is 12.0 Å². The van der Waals surface area contributed by atoms with Crippen LogP contribution in [0.4, 0.5) is 22.9 Å². The summed E-state index contributed by atoms with van der Waals surface area (Å²) in [6.07, 6.45) is 4.01. The number of rotatable bonds is 1. The largest absolute Gasteiger partial charge is 0.312 e. The van der Waals surface area contributed by atoms with Crippen LogP contribution in [0.3, 0.4) is 0 Å². The minimum absolute atomic E-state index is 0.967.